The van der Waals surface area contributed by atoms with E-state index in [2.05, 4.69) is 15.0 Å². The minimum atomic E-state index is -0.393. The van der Waals surface area contributed by atoms with E-state index in [0.29, 0.717) is 42.5 Å². The predicted octanol–water partition coefficient (Wildman–Crippen LogP) is 1.28. The van der Waals surface area contributed by atoms with Crippen LogP contribution in [-0.2, 0) is 16.0 Å². The Kier molecular flexibility index (Phi) is 5.90. The van der Waals surface area contributed by atoms with Gasteiger partial charge in [-0.15, -0.1) is 0 Å². The standard InChI is InChI=1S/C18H21N5O5/c1-25-8-9-28-17-21-14(19)13-15(22-17)23(18(20-13)27-3)10-11-4-6-12(7-5-11)16(24)26-2/h4-7H,8-10H2,1-3H3,(H2,19,21,22). The molecule has 0 atom stereocenters. The third-order valence-corrected chi connectivity index (χ3v) is 3.98. The van der Waals surface area contributed by atoms with Crippen molar-refractivity contribution in [2.45, 2.75) is 6.54 Å². The highest BCUT2D eigenvalue weighted by atomic mass is 16.5. The van der Waals surface area contributed by atoms with Gasteiger partial charge in [-0.3, -0.25) is 4.57 Å². The number of nitrogens with zero attached hydrogens (tertiary/aromatic N) is 4. The normalized spacial score (nSPS) is 10.8. The van der Waals surface area contributed by atoms with Crippen LogP contribution in [0.2, 0.25) is 0 Å². The number of ether oxygens (including phenoxy) is 4. The summed E-state index contributed by atoms with van der Waals surface area (Å²) >= 11 is 0. The molecule has 0 aliphatic carbocycles. The van der Waals surface area contributed by atoms with E-state index in [1.807, 2.05) is 12.1 Å². The number of benzene rings is 1. The molecule has 10 heteroatoms. The molecule has 2 heterocycles. The minimum Gasteiger partial charge on any atom is -0.468 e. The second kappa shape index (κ2) is 8.53. The van der Waals surface area contributed by atoms with Crippen molar-refractivity contribution >= 4 is 23.0 Å². The van der Waals surface area contributed by atoms with Gasteiger partial charge in [-0.2, -0.15) is 15.0 Å². The Balaban J connectivity index is 1.95. The van der Waals surface area contributed by atoms with Crippen LogP contribution in [0.1, 0.15) is 15.9 Å². The van der Waals surface area contributed by atoms with Crippen LogP contribution in [0.25, 0.3) is 11.2 Å². The second-order valence-corrected chi connectivity index (χ2v) is 5.78. The maximum absolute atomic E-state index is 11.6. The molecule has 148 valence electrons. The number of anilines is 1. The fourth-order valence-electron chi connectivity index (χ4n) is 2.61. The number of carbonyl (C=O) groups is 1. The lowest BCUT2D eigenvalue weighted by atomic mass is 10.1. The molecule has 0 amide bonds. The van der Waals surface area contributed by atoms with Gasteiger partial charge in [0.1, 0.15) is 6.61 Å². The number of nitrogen functional groups attached to an aromatic ring is 1. The van der Waals surface area contributed by atoms with E-state index in [-0.39, 0.29) is 11.8 Å². The highest BCUT2D eigenvalue weighted by Crippen LogP contribution is 2.26. The smallest absolute Gasteiger partial charge is 0.337 e. The largest absolute Gasteiger partial charge is 0.468 e. The van der Waals surface area contributed by atoms with E-state index < -0.39 is 5.97 Å². The van der Waals surface area contributed by atoms with Crippen molar-refractivity contribution in [2.24, 2.45) is 0 Å². The molecule has 0 radical (unpaired) electrons. The van der Waals surface area contributed by atoms with Crippen molar-refractivity contribution < 1.29 is 23.7 Å². The number of hydrogen-bond acceptors (Lipinski definition) is 9. The Bertz CT molecular complexity index is 971. The van der Waals surface area contributed by atoms with E-state index in [1.54, 1.807) is 23.8 Å². The zero-order chi connectivity index (χ0) is 20.1. The first-order chi connectivity index (χ1) is 13.6. The molecule has 3 aromatic rings. The Labute approximate surface area is 161 Å². The van der Waals surface area contributed by atoms with E-state index in [0.717, 1.165) is 5.56 Å². The molecule has 0 aliphatic rings. The Morgan fingerprint density at radius 1 is 1.07 bits per heavy atom. The number of hydrogen-bond donors (Lipinski definition) is 1. The Morgan fingerprint density at radius 2 is 1.82 bits per heavy atom. The van der Waals surface area contributed by atoms with Gasteiger partial charge in [0.05, 0.1) is 32.9 Å². The molecule has 3 rings (SSSR count). The van der Waals surface area contributed by atoms with Crippen molar-refractivity contribution in [2.75, 3.05) is 40.3 Å². The van der Waals surface area contributed by atoms with Crippen LogP contribution in [0, 0.1) is 0 Å². The number of esters is 1. The number of methoxy groups -OCH3 is 3. The van der Waals surface area contributed by atoms with E-state index in [4.69, 9.17) is 24.7 Å². The summed E-state index contributed by atoms with van der Waals surface area (Å²) in [5.74, 6) is -0.203. The number of fused-ring (bicyclic) bond motifs is 1. The average Bonchev–Trinajstić information content (AvgIpc) is 3.06. The molecule has 0 saturated carbocycles. The fourth-order valence-corrected chi connectivity index (χ4v) is 2.61. The predicted molar refractivity (Wildman–Crippen MR) is 101 cm³/mol. The highest BCUT2D eigenvalue weighted by molar-refractivity contribution is 5.89. The molecular weight excluding hydrogens is 366 g/mol. The number of imidazole rings is 1. The van der Waals surface area contributed by atoms with Crippen molar-refractivity contribution in [3.63, 3.8) is 0 Å². The minimum absolute atomic E-state index is 0.131. The van der Waals surface area contributed by atoms with E-state index in [1.165, 1.54) is 14.2 Å². The van der Waals surface area contributed by atoms with Gasteiger partial charge in [-0.25, -0.2) is 4.79 Å². The van der Waals surface area contributed by atoms with Gasteiger partial charge in [-0.1, -0.05) is 12.1 Å². The lowest BCUT2D eigenvalue weighted by Crippen LogP contribution is -2.09. The SMILES string of the molecule is COCCOc1nc(N)c2nc(OC)n(Cc3ccc(C(=O)OC)cc3)c2n1. The van der Waals surface area contributed by atoms with Crippen LogP contribution >= 0.6 is 0 Å². The second-order valence-electron chi connectivity index (χ2n) is 5.78. The van der Waals surface area contributed by atoms with Crippen molar-refractivity contribution in [3.8, 4) is 12.0 Å². The van der Waals surface area contributed by atoms with Crippen LogP contribution in [0.15, 0.2) is 24.3 Å². The Morgan fingerprint density at radius 3 is 2.46 bits per heavy atom. The molecule has 0 aliphatic heterocycles. The summed E-state index contributed by atoms with van der Waals surface area (Å²) in [6.45, 7) is 1.09. The molecule has 0 fully saturated rings. The molecule has 28 heavy (non-hydrogen) atoms. The lowest BCUT2D eigenvalue weighted by Gasteiger charge is -2.09. The summed E-state index contributed by atoms with van der Waals surface area (Å²) in [5, 5.41) is 0. The van der Waals surface area contributed by atoms with Crippen molar-refractivity contribution in [1.82, 2.24) is 19.5 Å². The molecule has 0 spiro atoms. The molecule has 1 aromatic carbocycles. The number of aromatic nitrogens is 4. The van der Waals surface area contributed by atoms with Crippen LogP contribution in [0.5, 0.6) is 12.0 Å². The van der Waals surface area contributed by atoms with Crippen LogP contribution in [-0.4, -0.2) is 60.0 Å². The summed E-state index contributed by atoms with van der Waals surface area (Å²) in [5.41, 5.74) is 8.29. The third-order valence-electron chi connectivity index (χ3n) is 3.98. The zero-order valence-corrected chi connectivity index (χ0v) is 15.8. The molecular formula is C18H21N5O5. The van der Waals surface area contributed by atoms with E-state index in [9.17, 15) is 4.79 Å². The topological polar surface area (TPSA) is 124 Å². The molecule has 0 saturated heterocycles. The van der Waals surface area contributed by atoms with Crippen LogP contribution < -0.4 is 15.2 Å². The number of rotatable bonds is 8. The summed E-state index contributed by atoms with van der Waals surface area (Å²) in [6.07, 6.45) is 0. The molecule has 10 nitrogen and oxygen atoms in total. The fraction of sp³-hybridized carbons (Fsp3) is 0.333. The van der Waals surface area contributed by atoms with Gasteiger partial charge in [0.15, 0.2) is 17.0 Å². The monoisotopic (exact) mass is 387 g/mol. The first kappa shape index (κ1) is 19.4. The van der Waals surface area contributed by atoms with Crippen LogP contribution in [0.4, 0.5) is 5.82 Å². The van der Waals surface area contributed by atoms with Crippen molar-refractivity contribution in [1.29, 1.82) is 0 Å². The summed E-state index contributed by atoms with van der Waals surface area (Å²) in [7, 11) is 4.43. The number of nitrogens with two attached hydrogens (primary N) is 1. The molecule has 0 bridgehead atoms. The van der Waals surface area contributed by atoms with Crippen molar-refractivity contribution in [3.05, 3.63) is 35.4 Å². The van der Waals surface area contributed by atoms with Gasteiger partial charge in [-0.05, 0) is 17.7 Å². The Hall–Kier alpha value is -3.40. The number of carbonyl (C=O) groups excluding carboxylic acids is 1. The quantitative estimate of drug-likeness (QED) is 0.449. The molecule has 0 unspecified atom stereocenters. The zero-order valence-electron chi connectivity index (χ0n) is 15.8. The summed E-state index contributed by atoms with van der Waals surface area (Å²) in [6, 6.07) is 7.48. The van der Waals surface area contributed by atoms with Gasteiger partial charge >= 0.3 is 12.0 Å². The average molecular weight is 387 g/mol. The first-order valence-electron chi connectivity index (χ1n) is 8.44. The maximum atomic E-state index is 11.6. The summed E-state index contributed by atoms with van der Waals surface area (Å²) < 4.78 is 22.3. The van der Waals surface area contributed by atoms with Gasteiger partial charge < -0.3 is 24.7 Å². The third kappa shape index (κ3) is 3.96. The molecule has 2 N–H and O–H groups in total. The van der Waals surface area contributed by atoms with E-state index >= 15 is 0 Å². The van der Waals surface area contributed by atoms with Gasteiger partial charge in [0.25, 0.3) is 6.01 Å². The maximum Gasteiger partial charge on any atom is 0.337 e. The van der Waals surface area contributed by atoms with Gasteiger partial charge in [0.2, 0.25) is 0 Å². The summed E-state index contributed by atoms with van der Waals surface area (Å²) in [4.78, 5) is 24.5. The lowest BCUT2D eigenvalue weighted by molar-refractivity contribution is 0.0600. The highest BCUT2D eigenvalue weighted by Gasteiger charge is 2.18. The van der Waals surface area contributed by atoms with Crippen LogP contribution in [0.3, 0.4) is 0 Å². The van der Waals surface area contributed by atoms with Gasteiger partial charge in [0, 0.05) is 7.11 Å². The molecule has 2 aromatic heterocycles. The first-order valence-corrected chi connectivity index (χ1v) is 8.44.